The van der Waals surface area contributed by atoms with Gasteiger partial charge in [-0.1, -0.05) is 0 Å². The minimum atomic E-state index is -0.799. The summed E-state index contributed by atoms with van der Waals surface area (Å²) in [6, 6.07) is 7.40. The molecule has 1 amide bonds. The standard InChI is InChI=1S/C14H10F2N4O/c15-10-2-1-8(3-7(10)6-17)20-13-4-9(14(19)21)12(18)5-11(13)16/h1-5,20H,18H2,(H2,19,21). The van der Waals surface area contributed by atoms with Gasteiger partial charge in [0, 0.05) is 11.4 Å². The van der Waals surface area contributed by atoms with E-state index < -0.39 is 17.5 Å². The van der Waals surface area contributed by atoms with Crippen LogP contribution < -0.4 is 16.8 Å². The van der Waals surface area contributed by atoms with Crippen LogP contribution in [0.2, 0.25) is 0 Å². The lowest BCUT2D eigenvalue weighted by Crippen LogP contribution is -2.14. The highest BCUT2D eigenvalue weighted by molar-refractivity contribution is 5.99. The summed E-state index contributed by atoms with van der Waals surface area (Å²) in [6.07, 6.45) is 0. The van der Waals surface area contributed by atoms with Gasteiger partial charge in [0.1, 0.15) is 17.7 Å². The highest BCUT2D eigenvalue weighted by atomic mass is 19.1. The van der Waals surface area contributed by atoms with Crippen molar-refractivity contribution in [2.45, 2.75) is 0 Å². The Morgan fingerprint density at radius 3 is 2.52 bits per heavy atom. The number of nitriles is 1. The van der Waals surface area contributed by atoms with Crippen molar-refractivity contribution in [3.63, 3.8) is 0 Å². The number of nitrogen functional groups attached to an aromatic ring is 1. The summed E-state index contributed by atoms with van der Waals surface area (Å²) in [7, 11) is 0. The van der Waals surface area contributed by atoms with Crippen LogP contribution in [0.25, 0.3) is 0 Å². The van der Waals surface area contributed by atoms with Crippen LogP contribution >= 0.6 is 0 Å². The zero-order chi connectivity index (χ0) is 15.6. The molecule has 21 heavy (non-hydrogen) atoms. The minimum Gasteiger partial charge on any atom is -0.398 e. The van der Waals surface area contributed by atoms with Gasteiger partial charge in [0.25, 0.3) is 5.91 Å². The van der Waals surface area contributed by atoms with Gasteiger partial charge in [-0.3, -0.25) is 4.79 Å². The van der Waals surface area contributed by atoms with E-state index in [4.69, 9.17) is 16.7 Å². The van der Waals surface area contributed by atoms with E-state index in [1.54, 1.807) is 6.07 Å². The van der Waals surface area contributed by atoms with E-state index in [0.29, 0.717) is 0 Å². The van der Waals surface area contributed by atoms with Gasteiger partial charge in [-0.05, 0) is 30.3 Å². The highest BCUT2D eigenvalue weighted by Crippen LogP contribution is 2.26. The number of carbonyl (C=O) groups is 1. The molecule has 2 aromatic rings. The van der Waals surface area contributed by atoms with Crippen molar-refractivity contribution in [2.24, 2.45) is 5.73 Å². The van der Waals surface area contributed by atoms with Gasteiger partial charge in [0.05, 0.1) is 16.8 Å². The van der Waals surface area contributed by atoms with Crippen LogP contribution in [-0.2, 0) is 0 Å². The zero-order valence-corrected chi connectivity index (χ0v) is 10.7. The van der Waals surface area contributed by atoms with Crippen LogP contribution in [0.3, 0.4) is 0 Å². The summed E-state index contributed by atoms with van der Waals surface area (Å²) in [5, 5.41) is 11.4. The van der Waals surface area contributed by atoms with Gasteiger partial charge in [-0.15, -0.1) is 0 Å². The molecule has 5 N–H and O–H groups in total. The van der Waals surface area contributed by atoms with E-state index in [1.165, 1.54) is 12.1 Å². The monoisotopic (exact) mass is 288 g/mol. The molecule has 0 fully saturated rings. The molecular formula is C14H10F2N4O. The Kier molecular flexibility index (Phi) is 3.71. The molecule has 2 rings (SSSR count). The normalized spacial score (nSPS) is 9.95. The molecule has 0 saturated carbocycles. The predicted molar refractivity (Wildman–Crippen MR) is 73.7 cm³/mol. The Hall–Kier alpha value is -3.14. The molecule has 0 aliphatic carbocycles. The number of hydrogen-bond donors (Lipinski definition) is 3. The molecule has 0 aromatic heterocycles. The molecule has 0 aliphatic rings. The molecule has 0 aliphatic heterocycles. The average Bonchev–Trinajstić information content (AvgIpc) is 2.43. The van der Waals surface area contributed by atoms with Crippen LogP contribution in [0.15, 0.2) is 30.3 Å². The van der Waals surface area contributed by atoms with Crippen molar-refractivity contribution < 1.29 is 13.6 Å². The molecule has 106 valence electrons. The number of nitrogens with zero attached hydrogens (tertiary/aromatic N) is 1. The summed E-state index contributed by atoms with van der Waals surface area (Å²) in [5.41, 5.74) is 10.5. The summed E-state index contributed by atoms with van der Waals surface area (Å²) in [5.74, 6) is -2.19. The van der Waals surface area contributed by atoms with Gasteiger partial charge >= 0.3 is 0 Å². The second kappa shape index (κ2) is 5.46. The van der Waals surface area contributed by atoms with Gasteiger partial charge in [0.15, 0.2) is 0 Å². The number of anilines is 3. The lowest BCUT2D eigenvalue weighted by Gasteiger charge is -2.11. The number of benzene rings is 2. The van der Waals surface area contributed by atoms with Gasteiger partial charge in [-0.2, -0.15) is 5.26 Å². The molecule has 0 heterocycles. The first-order chi connectivity index (χ1) is 9.92. The Labute approximate surface area is 118 Å². The molecular weight excluding hydrogens is 278 g/mol. The maximum absolute atomic E-state index is 13.8. The summed E-state index contributed by atoms with van der Waals surface area (Å²) in [6.45, 7) is 0. The second-order valence-corrected chi connectivity index (χ2v) is 4.21. The van der Waals surface area contributed by atoms with Crippen molar-refractivity contribution in [2.75, 3.05) is 11.1 Å². The summed E-state index contributed by atoms with van der Waals surface area (Å²) >= 11 is 0. The van der Waals surface area contributed by atoms with Crippen molar-refractivity contribution in [1.29, 1.82) is 5.26 Å². The summed E-state index contributed by atoms with van der Waals surface area (Å²) in [4.78, 5) is 11.2. The number of nitrogens with two attached hydrogens (primary N) is 2. The molecule has 5 nitrogen and oxygen atoms in total. The smallest absolute Gasteiger partial charge is 0.250 e. The maximum Gasteiger partial charge on any atom is 0.250 e. The van der Waals surface area contributed by atoms with Gasteiger partial charge in [0.2, 0.25) is 0 Å². The number of rotatable bonds is 3. The van der Waals surface area contributed by atoms with E-state index >= 15 is 0 Å². The molecule has 2 aromatic carbocycles. The first-order valence-electron chi connectivity index (χ1n) is 5.78. The largest absolute Gasteiger partial charge is 0.398 e. The van der Waals surface area contributed by atoms with E-state index in [2.05, 4.69) is 5.32 Å². The van der Waals surface area contributed by atoms with E-state index in [-0.39, 0.29) is 28.2 Å². The second-order valence-electron chi connectivity index (χ2n) is 4.21. The van der Waals surface area contributed by atoms with Crippen molar-refractivity contribution in [3.8, 4) is 6.07 Å². The minimum absolute atomic E-state index is 0.0403. The quantitative estimate of drug-likeness (QED) is 0.753. The third-order valence-electron chi connectivity index (χ3n) is 2.77. The average molecular weight is 288 g/mol. The van der Waals surface area contributed by atoms with Crippen LogP contribution in [0.1, 0.15) is 15.9 Å². The molecule has 0 radical (unpaired) electrons. The third kappa shape index (κ3) is 2.90. The molecule has 0 unspecified atom stereocenters. The Morgan fingerprint density at radius 1 is 1.19 bits per heavy atom. The number of primary amides is 1. The topological polar surface area (TPSA) is 105 Å². The van der Waals surface area contributed by atoms with E-state index in [1.807, 2.05) is 0 Å². The molecule has 0 atom stereocenters. The van der Waals surface area contributed by atoms with E-state index in [9.17, 15) is 13.6 Å². The first kappa shape index (κ1) is 14.3. The van der Waals surface area contributed by atoms with Gasteiger partial charge in [-0.25, -0.2) is 8.78 Å². The van der Waals surface area contributed by atoms with E-state index in [0.717, 1.165) is 18.2 Å². The van der Waals surface area contributed by atoms with Crippen molar-refractivity contribution in [3.05, 3.63) is 53.1 Å². The molecule has 7 heteroatoms. The lowest BCUT2D eigenvalue weighted by atomic mass is 10.1. The fraction of sp³-hybridized carbons (Fsp3) is 0. The van der Waals surface area contributed by atoms with Crippen LogP contribution in [0.4, 0.5) is 25.8 Å². The Bertz CT molecular complexity index is 768. The third-order valence-corrected chi connectivity index (χ3v) is 2.77. The Balaban J connectivity index is 2.42. The number of nitrogens with one attached hydrogen (secondary N) is 1. The van der Waals surface area contributed by atoms with Crippen LogP contribution in [0, 0.1) is 23.0 Å². The number of carbonyl (C=O) groups excluding carboxylic acids is 1. The summed E-state index contributed by atoms with van der Waals surface area (Å²) < 4.78 is 27.0. The number of amides is 1. The number of halogens is 2. The van der Waals surface area contributed by atoms with Gasteiger partial charge < -0.3 is 16.8 Å². The van der Waals surface area contributed by atoms with Crippen molar-refractivity contribution >= 4 is 23.0 Å². The van der Waals surface area contributed by atoms with Crippen molar-refractivity contribution in [1.82, 2.24) is 0 Å². The highest BCUT2D eigenvalue weighted by Gasteiger charge is 2.12. The first-order valence-corrected chi connectivity index (χ1v) is 5.78. The lowest BCUT2D eigenvalue weighted by molar-refractivity contribution is 0.100. The number of hydrogen-bond acceptors (Lipinski definition) is 4. The van der Waals surface area contributed by atoms with Crippen LogP contribution in [0.5, 0.6) is 0 Å². The van der Waals surface area contributed by atoms with Crippen LogP contribution in [-0.4, -0.2) is 5.91 Å². The predicted octanol–water partition coefficient (Wildman–Crippen LogP) is 2.26. The SMILES string of the molecule is N#Cc1cc(Nc2cc(C(N)=O)c(N)cc2F)ccc1F. The fourth-order valence-electron chi connectivity index (χ4n) is 1.74. The molecule has 0 bridgehead atoms. The maximum atomic E-state index is 13.8. The Morgan fingerprint density at radius 2 is 1.90 bits per heavy atom. The fourth-order valence-corrected chi connectivity index (χ4v) is 1.74. The zero-order valence-electron chi connectivity index (χ0n) is 10.7. The molecule has 0 spiro atoms. The molecule has 0 saturated heterocycles.